The maximum absolute atomic E-state index is 13.6. The first-order valence-electron chi connectivity index (χ1n) is 5.02. The largest absolute Gasteiger partial charge is 0.504 e. The summed E-state index contributed by atoms with van der Waals surface area (Å²) in [6.45, 7) is 0.910. The third-order valence-electron chi connectivity index (χ3n) is 2.73. The fourth-order valence-electron chi connectivity index (χ4n) is 1.94. The van der Waals surface area contributed by atoms with Crippen LogP contribution in [0.5, 0.6) is 11.5 Å². The first-order valence-corrected chi connectivity index (χ1v) is 5.02. The van der Waals surface area contributed by atoms with Crippen LogP contribution in [0.1, 0.15) is 24.4 Å². The lowest BCUT2D eigenvalue weighted by atomic mass is 10.0. The molecule has 4 heteroatoms. The summed E-state index contributed by atoms with van der Waals surface area (Å²) in [6.07, 6.45) is 1.97. The molecule has 1 aliphatic heterocycles. The van der Waals surface area contributed by atoms with Gasteiger partial charge in [0.2, 0.25) is 0 Å². The maximum atomic E-state index is 13.6. The highest BCUT2D eigenvalue weighted by Gasteiger charge is 2.21. The average molecular weight is 211 g/mol. The normalized spacial score (nSPS) is 20.5. The van der Waals surface area contributed by atoms with Crippen molar-refractivity contribution in [2.75, 3.05) is 13.7 Å². The van der Waals surface area contributed by atoms with Crippen molar-refractivity contribution in [2.24, 2.45) is 0 Å². The zero-order valence-corrected chi connectivity index (χ0v) is 8.59. The number of nitrogens with one attached hydrogen (secondary N) is 1. The van der Waals surface area contributed by atoms with E-state index >= 15 is 0 Å². The number of ether oxygens (including phenoxy) is 1. The zero-order valence-electron chi connectivity index (χ0n) is 8.59. The molecule has 1 saturated heterocycles. The van der Waals surface area contributed by atoms with Crippen molar-refractivity contribution < 1.29 is 14.2 Å². The van der Waals surface area contributed by atoms with E-state index in [0.717, 1.165) is 25.5 Å². The van der Waals surface area contributed by atoms with E-state index in [1.807, 2.05) is 0 Å². The fourth-order valence-corrected chi connectivity index (χ4v) is 1.94. The summed E-state index contributed by atoms with van der Waals surface area (Å²) >= 11 is 0. The molecule has 1 fully saturated rings. The number of methoxy groups -OCH3 is 1. The Hall–Kier alpha value is -1.29. The molecular weight excluding hydrogens is 197 g/mol. The van der Waals surface area contributed by atoms with Crippen LogP contribution < -0.4 is 10.1 Å². The molecule has 15 heavy (non-hydrogen) atoms. The van der Waals surface area contributed by atoms with Gasteiger partial charge in [-0.15, -0.1) is 0 Å². The van der Waals surface area contributed by atoms with Crippen molar-refractivity contribution in [3.8, 4) is 11.5 Å². The molecular formula is C11H14FNO2. The molecule has 0 radical (unpaired) electrons. The molecule has 3 nitrogen and oxygen atoms in total. The fraction of sp³-hybridized carbons (Fsp3) is 0.455. The highest BCUT2D eigenvalue weighted by molar-refractivity contribution is 5.43. The summed E-state index contributed by atoms with van der Waals surface area (Å²) in [7, 11) is 1.46. The van der Waals surface area contributed by atoms with Gasteiger partial charge in [-0.2, -0.15) is 0 Å². The Morgan fingerprint density at radius 1 is 1.53 bits per heavy atom. The summed E-state index contributed by atoms with van der Waals surface area (Å²) in [5.74, 6) is -0.218. The lowest BCUT2D eigenvalue weighted by molar-refractivity contribution is 0.368. The highest BCUT2D eigenvalue weighted by Crippen LogP contribution is 2.34. The first-order chi connectivity index (χ1) is 7.22. The molecule has 1 aliphatic rings. The van der Waals surface area contributed by atoms with Crippen LogP contribution in [0.3, 0.4) is 0 Å². The summed E-state index contributed by atoms with van der Waals surface area (Å²) in [5.41, 5.74) is 0.571. The van der Waals surface area contributed by atoms with E-state index in [4.69, 9.17) is 4.74 Å². The van der Waals surface area contributed by atoms with Crippen LogP contribution in [0, 0.1) is 5.82 Å². The third kappa shape index (κ3) is 1.90. The van der Waals surface area contributed by atoms with Crippen molar-refractivity contribution in [2.45, 2.75) is 18.9 Å². The van der Waals surface area contributed by atoms with Crippen LogP contribution in [0.25, 0.3) is 0 Å². The van der Waals surface area contributed by atoms with Crippen molar-refractivity contribution in [1.82, 2.24) is 5.32 Å². The summed E-state index contributed by atoms with van der Waals surface area (Å²) in [4.78, 5) is 0. The Morgan fingerprint density at radius 3 is 2.93 bits per heavy atom. The van der Waals surface area contributed by atoms with E-state index in [1.165, 1.54) is 7.11 Å². The lowest BCUT2D eigenvalue weighted by Gasteiger charge is -2.13. The summed E-state index contributed by atoms with van der Waals surface area (Å²) in [6, 6.07) is 2.71. The monoisotopic (exact) mass is 211 g/mol. The average Bonchev–Trinajstić information content (AvgIpc) is 2.71. The van der Waals surface area contributed by atoms with Crippen LogP contribution in [0.15, 0.2) is 12.1 Å². The molecule has 0 amide bonds. The van der Waals surface area contributed by atoms with Crippen molar-refractivity contribution >= 4 is 0 Å². The number of rotatable bonds is 2. The number of hydrogen-bond donors (Lipinski definition) is 2. The molecule has 1 aromatic rings. The van der Waals surface area contributed by atoms with E-state index in [1.54, 1.807) is 6.07 Å². The molecule has 2 rings (SSSR count). The lowest BCUT2D eigenvalue weighted by Crippen LogP contribution is -2.14. The molecule has 2 N–H and O–H groups in total. The minimum atomic E-state index is -0.382. The predicted octanol–water partition coefficient (Wildman–Crippen LogP) is 1.96. The number of phenolic OH excluding ortho intramolecular Hbond substituents is 1. The Morgan fingerprint density at radius 2 is 2.33 bits per heavy atom. The number of phenols is 1. The van der Waals surface area contributed by atoms with Crippen molar-refractivity contribution in [1.29, 1.82) is 0 Å². The third-order valence-corrected chi connectivity index (χ3v) is 2.73. The molecule has 1 heterocycles. The molecule has 1 aromatic carbocycles. The molecule has 0 unspecified atom stereocenters. The molecule has 0 aliphatic carbocycles. The van der Waals surface area contributed by atoms with Crippen LogP contribution in [-0.2, 0) is 0 Å². The van der Waals surface area contributed by atoms with E-state index < -0.39 is 0 Å². The van der Waals surface area contributed by atoms with E-state index in [2.05, 4.69) is 5.32 Å². The SMILES string of the molecule is COc1cc([C@@H]2CCCN2)c(F)cc1O. The molecule has 82 valence electrons. The van der Waals surface area contributed by atoms with Gasteiger partial charge in [0.15, 0.2) is 11.5 Å². The minimum absolute atomic E-state index is 0.0412. The standard InChI is InChI=1S/C11H14FNO2/c1-15-11-5-7(8(12)6-10(11)14)9-3-2-4-13-9/h5-6,9,13-14H,2-4H2,1H3/t9-/m0/s1. The summed E-state index contributed by atoms with van der Waals surface area (Å²) < 4.78 is 18.5. The summed E-state index contributed by atoms with van der Waals surface area (Å²) in [5, 5.41) is 12.6. The number of benzene rings is 1. The number of aromatic hydroxyl groups is 1. The minimum Gasteiger partial charge on any atom is -0.504 e. The van der Waals surface area contributed by atoms with Gasteiger partial charge in [-0.3, -0.25) is 0 Å². The zero-order chi connectivity index (χ0) is 10.8. The molecule has 0 spiro atoms. The van der Waals surface area contributed by atoms with E-state index in [-0.39, 0.29) is 17.6 Å². The van der Waals surface area contributed by atoms with Crippen LogP contribution in [0.2, 0.25) is 0 Å². The van der Waals surface area contributed by atoms with Gasteiger partial charge in [-0.05, 0) is 25.5 Å². The number of hydrogen-bond acceptors (Lipinski definition) is 3. The van der Waals surface area contributed by atoms with Gasteiger partial charge in [0.1, 0.15) is 5.82 Å². The van der Waals surface area contributed by atoms with Crippen molar-refractivity contribution in [3.63, 3.8) is 0 Å². The Kier molecular flexibility index (Phi) is 2.77. The van der Waals surface area contributed by atoms with Gasteiger partial charge in [-0.1, -0.05) is 0 Å². The van der Waals surface area contributed by atoms with Gasteiger partial charge < -0.3 is 15.2 Å². The van der Waals surface area contributed by atoms with Gasteiger partial charge >= 0.3 is 0 Å². The van der Waals surface area contributed by atoms with Gasteiger partial charge in [0.05, 0.1) is 7.11 Å². The Labute approximate surface area is 87.9 Å². The van der Waals surface area contributed by atoms with Crippen LogP contribution in [-0.4, -0.2) is 18.8 Å². The van der Waals surface area contributed by atoms with E-state index in [9.17, 15) is 9.50 Å². The maximum Gasteiger partial charge on any atom is 0.161 e. The van der Waals surface area contributed by atoms with Crippen LogP contribution in [0.4, 0.5) is 4.39 Å². The number of halogens is 1. The van der Waals surface area contributed by atoms with E-state index in [0.29, 0.717) is 11.3 Å². The van der Waals surface area contributed by atoms with Crippen molar-refractivity contribution in [3.05, 3.63) is 23.5 Å². The highest BCUT2D eigenvalue weighted by atomic mass is 19.1. The Balaban J connectivity index is 2.37. The molecule has 0 aromatic heterocycles. The quantitative estimate of drug-likeness (QED) is 0.785. The van der Waals surface area contributed by atoms with Crippen LogP contribution >= 0.6 is 0 Å². The Bertz CT molecular complexity index is 362. The second kappa shape index (κ2) is 4.06. The molecule has 0 saturated carbocycles. The second-order valence-corrected chi connectivity index (χ2v) is 3.69. The van der Waals surface area contributed by atoms with Gasteiger partial charge in [-0.25, -0.2) is 4.39 Å². The second-order valence-electron chi connectivity index (χ2n) is 3.69. The molecule has 1 atom stereocenters. The predicted molar refractivity (Wildman–Crippen MR) is 54.6 cm³/mol. The van der Waals surface area contributed by atoms with Gasteiger partial charge in [0, 0.05) is 17.7 Å². The smallest absolute Gasteiger partial charge is 0.161 e. The van der Waals surface area contributed by atoms with Gasteiger partial charge in [0.25, 0.3) is 0 Å². The first kappa shape index (κ1) is 10.2. The molecule has 0 bridgehead atoms. The topological polar surface area (TPSA) is 41.5 Å².